The van der Waals surface area contributed by atoms with Crippen molar-refractivity contribution in [1.82, 2.24) is 15.3 Å². The Morgan fingerprint density at radius 1 is 1.40 bits per heavy atom. The second-order valence-corrected chi connectivity index (χ2v) is 13.5. The van der Waals surface area contributed by atoms with Crippen LogP contribution in [0.25, 0.3) is 10.4 Å². The molecule has 3 rings (SSSR count). The fourth-order valence-electron chi connectivity index (χ4n) is 3.57. The number of hydrogen-bond donors (Lipinski definition) is 4. The minimum Gasteiger partial charge on any atom is -0.464 e. The number of aliphatic hydroxyl groups is 2. The Morgan fingerprint density at radius 3 is 2.67 bits per heavy atom. The van der Waals surface area contributed by atoms with E-state index < -0.39 is 55.5 Å². The maximum atomic E-state index is 12.7. The van der Waals surface area contributed by atoms with Crippen molar-refractivity contribution >= 4 is 30.4 Å². The molecule has 2 aliphatic rings. The van der Waals surface area contributed by atoms with Gasteiger partial charge in [0.1, 0.15) is 24.0 Å². The van der Waals surface area contributed by atoms with E-state index in [2.05, 4.69) is 27.0 Å². The standard InChI is InChI=1S/C24H33N6O8PS/c1-15-11-12-30(22(34)26-15)20-18(31)19(32)24(37-20,28-29-25)14-36-39(40,38-17-9-7-6-8-10-17)27-16(2)21(33)35-13-23(3,4)5/h6-12,16,18-20,31-32H,1,13-14H2,2-5H3,(H,26,34)(H,27,40)/t16?,18-,19+,20-,24-,39?/m1/s1. The molecule has 0 bridgehead atoms. The summed E-state index contributed by atoms with van der Waals surface area (Å²) in [4.78, 5) is 28.8. The van der Waals surface area contributed by atoms with E-state index in [4.69, 9.17) is 30.3 Å². The highest BCUT2D eigenvalue weighted by Crippen LogP contribution is 2.48. The Labute approximate surface area is 236 Å². The van der Waals surface area contributed by atoms with Gasteiger partial charge >= 0.3 is 18.6 Å². The highest BCUT2D eigenvalue weighted by Gasteiger charge is 2.57. The number of nitrogens with zero attached hydrogens (tertiary/aromatic N) is 4. The normalized spacial score (nSPS) is 26.9. The smallest absolute Gasteiger partial charge is 0.328 e. The summed E-state index contributed by atoms with van der Waals surface area (Å²) in [5, 5.41) is 30.5. The molecule has 40 heavy (non-hydrogen) atoms. The number of para-hydroxylation sites is 1. The van der Waals surface area contributed by atoms with Crippen molar-refractivity contribution in [1.29, 1.82) is 0 Å². The molecule has 4 N–H and O–H groups in total. The topological polar surface area (TPSA) is 188 Å². The maximum Gasteiger partial charge on any atom is 0.328 e. The number of allylic oxidation sites excluding steroid dienone is 1. The van der Waals surface area contributed by atoms with Crippen LogP contribution in [0.15, 0.2) is 60.0 Å². The lowest BCUT2D eigenvalue weighted by Gasteiger charge is -2.33. The third kappa shape index (κ3) is 7.80. The van der Waals surface area contributed by atoms with Crippen LogP contribution < -0.4 is 14.9 Å². The van der Waals surface area contributed by atoms with Crippen LogP contribution in [-0.4, -0.2) is 70.5 Å². The number of nitrogens with one attached hydrogen (secondary N) is 2. The summed E-state index contributed by atoms with van der Waals surface area (Å²) in [6.07, 6.45) is -2.26. The number of carbonyl (C=O) groups excluding carboxylic acids is 2. The van der Waals surface area contributed by atoms with E-state index in [1.165, 1.54) is 19.2 Å². The minimum absolute atomic E-state index is 0.159. The SMILES string of the molecule is C=C1C=CN([C@@H]2O[C@@](COP(=S)(NC(C)C(=O)OCC(C)(C)C)Oc3ccccc3)(N=[N+]=[N-])[C@@H](O)[C@H]2O)C(=O)N1. The quantitative estimate of drug-likeness (QED) is 0.0972. The van der Waals surface area contributed by atoms with Gasteiger partial charge in [0, 0.05) is 16.8 Å². The third-order valence-corrected chi connectivity index (χ3v) is 8.07. The summed E-state index contributed by atoms with van der Waals surface area (Å²) >= 11 is 5.68. The first kappa shape index (κ1) is 31.5. The predicted octanol–water partition coefficient (Wildman–Crippen LogP) is 3.01. The molecular formula is C24H33N6O8PS. The summed E-state index contributed by atoms with van der Waals surface area (Å²) in [6.45, 7) is 6.67. The molecule has 0 aromatic heterocycles. The lowest BCUT2D eigenvalue weighted by molar-refractivity contribution is -0.148. The van der Waals surface area contributed by atoms with Crippen LogP contribution in [0.2, 0.25) is 0 Å². The molecule has 1 saturated heterocycles. The van der Waals surface area contributed by atoms with Crippen LogP contribution >= 0.6 is 6.64 Å². The zero-order chi connectivity index (χ0) is 29.7. The summed E-state index contributed by atoms with van der Waals surface area (Å²) in [5.74, 6) is -0.293. The molecule has 1 fully saturated rings. The van der Waals surface area contributed by atoms with Crippen LogP contribution in [0.4, 0.5) is 4.79 Å². The number of carbonyl (C=O) groups is 2. The number of esters is 1. The largest absolute Gasteiger partial charge is 0.464 e. The van der Waals surface area contributed by atoms with Gasteiger partial charge < -0.3 is 34.1 Å². The molecule has 2 heterocycles. The van der Waals surface area contributed by atoms with Gasteiger partial charge in [0.05, 0.1) is 13.2 Å². The van der Waals surface area contributed by atoms with Gasteiger partial charge in [0.15, 0.2) is 6.23 Å². The Hall–Kier alpha value is -3.00. The van der Waals surface area contributed by atoms with Crippen LogP contribution in [0.3, 0.4) is 0 Å². The zero-order valence-electron chi connectivity index (χ0n) is 22.5. The summed E-state index contributed by atoms with van der Waals surface area (Å²) < 4.78 is 23.0. The van der Waals surface area contributed by atoms with E-state index in [0.717, 1.165) is 4.90 Å². The molecule has 14 nitrogen and oxygen atoms in total. The van der Waals surface area contributed by atoms with Gasteiger partial charge in [-0.2, -0.15) is 0 Å². The van der Waals surface area contributed by atoms with E-state index in [9.17, 15) is 25.3 Å². The number of aliphatic hydroxyl groups excluding tert-OH is 2. The molecule has 218 valence electrons. The highest BCUT2D eigenvalue weighted by atomic mass is 32.5. The van der Waals surface area contributed by atoms with Crippen LogP contribution in [0.1, 0.15) is 27.7 Å². The van der Waals surface area contributed by atoms with Crippen LogP contribution in [-0.2, 0) is 30.6 Å². The Bertz CT molecular complexity index is 1240. The summed E-state index contributed by atoms with van der Waals surface area (Å²) in [6, 6.07) is 6.74. The first-order chi connectivity index (χ1) is 18.7. The number of rotatable bonds is 11. The van der Waals surface area contributed by atoms with Crippen molar-refractivity contribution in [2.24, 2.45) is 10.5 Å². The average molecular weight is 597 g/mol. The second-order valence-electron chi connectivity index (χ2n) is 10.4. The fraction of sp³-hybridized carbons (Fsp3) is 0.500. The lowest BCUT2D eigenvalue weighted by Crippen LogP contribution is -2.49. The second kappa shape index (κ2) is 12.7. The fourth-order valence-corrected chi connectivity index (χ4v) is 5.98. The van der Waals surface area contributed by atoms with Crippen molar-refractivity contribution in [3.8, 4) is 5.75 Å². The van der Waals surface area contributed by atoms with Crippen molar-refractivity contribution < 1.29 is 38.3 Å². The summed E-state index contributed by atoms with van der Waals surface area (Å²) in [7, 11) is 0. The van der Waals surface area contributed by atoms with Gasteiger partial charge in [-0.15, -0.1) is 0 Å². The van der Waals surface area contributed by atoms with Gasteiger partial charge in [-0.05, 0) is 47.9 Å². The monoisotopic (exact) mass is 596 g/mol. The van der Waals surface area contributed by atoms with Crippen LogP contribution in [0, 0.1) is 5.41 Å². The van der Waals surface area contributed by atoms with Gasteiger partial charge in [0.2, 0.25) is 5.72 Å². The number of benzene rings is 1. The molecule has 6 atom stereocenters. The van der Waals surface area contributed by atoms with Gasteiger partial charge in [-0.3, -0.25) is 9.69 Å². The number of amides is 2. The molecule has 2 unspecified atom stereocenters. The number of azide groups is 1. The van der Waals surface area contributed by atoms with E-state index in [1.807, 2.05) is 20.8 Å². The highest BCUT2D eigenvalue weighted by molar-refractivity contribution is 8.09. The lowest BCUT2D eigenvalue weighted by atomic mass is 9.99. The van der Waals surface area contributed by atoms with Gasteiger partial charge in [0.25, 0.3) is 0 Å². The van der Waals surface area contributed by atoms with E-state index >= 15 is 0 Å². The molecule has 0 saturated carbocycles. The molecule has 0 aliphatic carbocycles. The van der Waals surface area contributed by atoms with Crippen molar-refractivity contribution in [2.45, 2.75) is 57.9 Å². The van der Waals surface area contributed by atoms with E-state index in [-0.39, 0.29) is 12.0 Å². The Balaban J connectivity index is 1.85. The average Bonchev–Trinajstić information content (AvgIpc) is 3.12. The number of hydrogen-bond acceptors (Lipinski definition) is 10. The van der Waals surface area contributed by atoms with Crippen molar-refractivity contribution in [3.63, 3.8) is 0 Å². The van der Waals surface area contributed by atoms with Crippen molar-refractivity contribution in [3.05, 3.63) is 65.3 Å². The third-order valence-electron chi connectivity index (χ3n) is 5.59. The first-order valence-electron chi connectivity index (χ1n) is 12.2. The van der Waals surface area contributed by atoms with E-state index in [1.54, 1.807) is 30.3 Å². The predicted molar refractivity (Wildman–Crippen MR) is 148 cm³/mol. The number of ether oxygens (including phenoxy) is 2. The first-order valence-corrected chi connectivity index (χ1v) is 14.8. The Kier molecular flexibility index (Phi) is 9.99. The van der Waals surface area contributed by atoms with Crippen LogP contribution in [0.5, 0.6) is 5.75 Å². The maximum absolute atomic E-state index is 12.7. The zero-order valence-corrected chi connectivity index (χ0v) is 24.2. The molecular weight excluding hydrogens is 563 g/mol. The molecule has 2 amide bonds. The molecule has 2 aliphatic heterocycles. The molecule has 16 heteroatoms. The molecule has 0 radical (unpaired) electrons. The number of urea groups is 1. The Morgan fingerprint density at radius 2 is 2.08 bits per heavy atom. The van der Waals surface area contributed by atoms with Crippen molar-refractivity contribution in [2.75, 3.05) is 13.2 Å². The minimum atomic E-state index is -3.64. The van der Waals surface area contributed by atoms with E-state index in [0.29, 0.717) is 11.4 Å². The molecule has 1 aromatic carbocycles. The molecule has 1 aromatic rings. The summed E-state index contributed by atoms with van der Waals surface area (Å²) in [5.41, 5.74) is 7.09. The van der Waals surface area contributed by atoms with Gasteiger partial charge in [-0.25, -0.2) is 9.88 Å². The molecule has 0 spiro atoms. The van der Waals surface area contributed by atoms with Gasteiger partial charge in [-0.1, -0.05) is 50.7 Å².